The van der Waals surface area contributed by atoms with Crippen LogP contribution in [0.1, 0.15) is 72.7 Å². The monoisotopic (exact) mass is 867 g/mol. The van der Waals surface area contributed by atoms with Crippen molar-refractivity contribution >= 4 is 51.6 Å². The van der Waals surface area contributed by atoms with Crippen LogP contribution in [0.25, 0.3) is 11.2 Å². The molecule has 2 saturated heterocycles. The van der Waals surface area contributed by atoms with Gasteiger partial charge in [-0.05, 0) is 33.3 Å². The van der Waals surface area contributed by atoms with E-state index in [1.807, 2.05) is 55.4 Å². The standard InChI is InChI=1S/C39H53N7O12Si2/c1-22(2)59(23(3)4)56-32-31(47)37(44-21-41-30-35(44)42-39(40)43-36(30)53-19-17-26-9-13-28(14-10-26)45(49)50)55-33(32)34(57-60(58-59,24(5)6)25(7)8)38(48)54-20-18-27-11-15-29(16-12-27)46(51)52/h9-16,21-25,31-34,37,47H,17-20H2,1-8H3,(H2,40,42,43)/t31-,32+,33+,34?,37-/m1/s1. The lowest BCUT2D eigenvalue weighted by Crippen LogP contribution is -2.68. The van der Waals surface area contributed by atoms with Crippen LogP contribution in [0.15, 0.2) is 54.9 Å². The number of fused-ring (bicyclic) bond motifs is 2. The maximum absolute atomic E-state index is 14.4. The molecule has 3 N–H and O–H groups in total. The van der Waals surface area contributed by atoms with Gasteiger partial charge < -0.3 is 38.0 Å². The number of nitro benzene ring substituents is 2. The number of carbonyl (C=O) groups is 1. The van der Waals surface area contributed by atoms with Crippen LogP contribution in [0.5, 0.6) is 5.88 Å². The number of nitro groups is 2. The predicted octanol–water partition coefficient (Wildman–Crippen LogP) is 6.22. The molecule has 0 aliphatic carbocycles. The molecule has 4 heterocycles. The van der Waals surface area contributed by atoms with Gasteiger partial charge >= 0.3 is 23.1 Å². The minimum Gasteiger partial charge on any atom is -0.476 e. The minimum absolute atomic E-state index is 0.0204. The fraction of sp³-hybridized carbons (Fsp3) is 0.538. The van der Waals surface area contributed by atoms with Crippen LogP contribution in [0, 0.1) is 20.2 Å². The molecule has 4 aromatic rings. The molecule has 19 nitrogen and oxygen atoms in total. The molecule has 2 aliphatic heterocycles. The largest absolute Gasteiger partial charge is 0.476 e. The van der Waals surface area contributed by atoms with Gasteiger partial charge in [0, 0.05) is 37.1 Å². The normalized spacial score (nSPS) is 22.5. The number of nitrogens with two attached hydrogens (primary N) is 1. The number of imidazole rings is 1. The van der Waals surface area contributed by atoms with Gasteiger partial charge in [0.2, 0.25) is 11.8 Å². The van der Waals surface area contributed by atoms with E-state index >= 15 is 0 Å². The van der Waals surface area contributed by atoms with Gasteiger partial charge in [0.05, 0.1) is 29.4 Å². The van der Waals surface area contributed by atoms with E-state index in [1.165, 1.54) is 35.2 Å². The van der Waals surface area contributed by atoms with Crippen LogP contribution in [0.2, 0.25) is 22.2 Å². The minimum atomic E-state index is -3.39. The van der Waals surface area contributed by atoms with Crippen molar-refractivity contribution in [1.29, 1.82) is 0 Å². The Morgan fingerprint density at radius 3 is 1.85 bits per heavy atom. The van der Waals surface area contributed by atoms with Crippen molar-refractivity contribution in [2.24, 2.45) is 0 Å². The number of aliphatic hydroxyl groups excluding tert-OH is 1. The van der Waals surface area contributed by atoms with E-state index in [-0.39, 0.29) is 76.2 Å². The van der Waals surface area contributed by atoms with E-state index in [1.54, 1.807) is 24.3 Å². The molecule has 0 bridgehead atoms. The molecular weight excluding hydrogens is 815 g/mol. The number of hydrogen-bond donors (Lipinski definition) is 2. The molecule has 5 atom stereocenters. The summed E-state index contributed by atoms with van der Waals surface area (Å²) in [6, 6.07) is 12.1. The second-order valence-electron chi connectivity index (χ2n) is 16.3. The molecule has 0 radical (unpaired) electrons. The highest BCUT2D eigenvalue weighted by Gasteiger charge is 2.65. The summed E-state index contributed by atoms with van der Waals surface area (Å²) < 4.78 is 41.7. The molecule has 60 heavy (non-hydrogen) atoms. The smallest absolute Gasteiger partial charge is 0.336 e. The van der Waals surface area contributed by atoms with Gasteiger partial charge in [0.25, 0.3) is 11.4 Å². The predicted molar refractivity (Wildman–Crippen MR) is 222 cm³/mol. The van der Waals surface area contributed by atoms with E-state index in [9.17, 15) is 30.1 Å². The number of anilines is 1. The highest BCUT2D eigenvalue weighted by Crippen LogP contribution is 2.50. The number of nitrogen functional groups attached to an aromatic ring is 1. The van der Waals surface area contributed by atoms with Crippen LogP contribution < -0.4 is 10.5 Å². The Hall–Kier alpha value is -4.91. The number of benzene rings is 2. The lowest BCUT2D eigenvalue weighted by atomic mass is 10.1. The van der Waals surface area contributed by atoms with Crippen LogP contribution in [0.4, 0.5) is 17.3 Å². The first-order valence-corrected chi connectivity index (χ1v) is 24.0. The molecular formula is C39H53N7O12Si2. The molecule has 324 valence electrons. The summed E-state index contributed by atoms with van der Waals surface area (Å²) in [5.41, 5.74) is 7.57. The Bertz CT molecular complexity index is 2150. The second-order valence-corrected chi connectivity index (χ2v) is 25.1. The Kier molecular flexibility index (Phi) is 13.4. The van der Waals surface area contributed by atoms with Crippen molar-refractivity contribution in [2.75, 3.05) is 18.9 Å². The van der Waals surface area contributed by atoms with Gasteiger partial charge in [-0.3, -0.25) is 24.8 Å². The summed E-state index contributed by atoms with van der Waals surface area (Å²) in [6.45, 7) is 16.3. The molecule has 6 rings (SSSR count). The summed E-state index contributed by atoms with van der Waals surface area (Å²) in [5.74, 6) is -0.791. The SMILES string of the molecule is CC(C)[Si]1(C(C)C)OC(C(=O)OCCc2ccc([N+](=O)[O-])cc2)[C@H]2O[C@@H](n3cnc4c(OCCc5ccc([N+](=O)[O-])cc5)nc(N)nc43)[C@H](O)[C@@H]2O[Si](C(C)C)(C(C)C)O1. The molecule has 0 spiro atoms. The zero-order valence-electron chi connectivity index (χ0n) is 34.9. The lowest BCUT2D eigenvalue weighted by Gasteiger charge is -2.52. The van der Waals surface area contributed by atoms with Gasteiger partial charge in [-0.2, -0.15) is 9.97 Å². The van der Waals surface area contributed by atoms with Crippen molar-refractivity contribution in [1.82, 2.24) is 19.5 Å². The first-order valence-electron chi connectivity index (χ1n) is 20.0. The van der Waals surface area contributed by atoms with Gasteiger partial charge in [0.15, 0.2) is 23.5 Å². The molecule has 1 unspecified atom stereocenters. The number of aromatic nitrogens is 4. The quantitative estimate of drug-likeness (QED) is 0.0583. The van der Waals surface area contributed by atoms with Crippen molar-refractivity contribution < 1.29 is 46.9 Å². The Balaban J connectivity index is 1.34. The summed E-state index contributed by atoms with van der Waals surface area (Å²) in [7, 11) is -6.71. The van der Waals surface area contributed by atoms with Crippen LogP contribution in [-0.2, 0) is 40.1 Å². The van der Waals surface area contributed by atoms with Crippen LogP contribution >= 0.6 is 0 Å². The Morgan fingerprint density at radius 1 is 0.817 bits per heavy atom. The van der Waals surface area contributed by atoms with E-state index in [2.05, 4.69) is 15.0 Å². The highest BCUT2D eigenvalue weighted by atomic mass is 28.5. The number of carbonyl (C=O) groups excluding carboxylic acids is 1. The Morgan fingerprint density at radius 2 is 1.33 bits per heavy atom. The number of rotatable bonds is 15. The first-order chi connectivity index (χ1) is 28.4. The topological polar surface area (TPSA) is 249 Å². The molecule has 0 amide bonds. The molecule has 2 aromatic heterocycles. The number of aliphatic hydroxyl groups is 1. The third-order valence-corrected chi connectivity index (χ3v) is 21.4. The lowest BCUT2D eigenvalue weighted by molar-refractivity contribution is -0.385. The maximum atomic E-state index is 14.4. The van der Waals surface area contributed by atoms with E-state index in [0.29, 0.717) is 6.42 Å². The maximum Gasteiger partial charge on any atom is 0.336 e. The van der Waals surface area contributed by atoms with Crippen molar-refractivity contribution in [3.8, 4) is 5.88 Å². The van der Waals surface area contributed by atoms with Gasteiger partial charge in [-0.15, -0.1) is 0 Å². The second kappa shape index (κ2) is 18.0. The van der Waals surface area contributed by atoms with Gasteiger partial charge in [-0.1, -0.05) is 79.7 Å². The number of hydrogen-bond acceptors (Lipinski definition) is 16. The first kappa shape index (κ1) is 44.6. The van der Waals surface area contributed by atoms with Gasteiger partial charge in [0.1, 0.15) is 18.3 Å². The zero-order valence-corrected chi connectivity index (χ0v) is 36.9. The van der Waals surface area contributed by atoms with Crippen LogP contribution in [-0.4, -0.2) is 95.2 Å². The summed E-state index contributed by atoms with van der Waals surface area (Å²) in [4.78, 5) is 48.9. The molecule has 2 fully saturated rings. The van der Waals surface area contributed by atoms with Gasteiger partial charge in [-0.25, -0.2) is 9.78 Å². The van der Waals surface area contributed by atoms with Crippen LogP contribution in [0.3, 0.4) is 0 Å². The molecule has 0 saturated carbocycles. The number of ether oxygens (including phenoxy) is 3. The Labute approximate surface area is 349 Å². The summed E-state index contributed by atoms with van der Waals surface area (Å²) in [6.07, 6.45) is -4.20. The molecule has 21 heteroatoms. The number of nitrogens with zero attached hydrogens (tertiary/aromatic N) is 6. The fourth-order valence-electron chi connectivity index (χ4n) is 7.97. The van der Waals surface area contributed by atoms with E-state index in [0.717, 1.165) is 11.1 Å². The third-order valence-electron chi connectivity index (χ3n) is 11.2. The highest BCUT2D eigenvalue weighted by molar-refractivity contribution is 6.84. The molecule has 2 aliphatic rings. The third kappa shape index (κ3) is 8.78. The fourth-order valence-corrected chi connectivity index (χ4v) is 19.2. The van der Waals surface area contributed by atoms with Crippen molar-refractivity contribution in [2.45, 2.75) is 121 Å². The average molecular weight is 868 g/mol. The van der Waals surface area contributed by atoms with E-state index < -0.39 is 63.6 Å². The van der Waals surface area contributed by atoms with E-state index in [4.69, 9.17) is 32.9 Å². The summed E-state index contributed by atoms with van der Waals surface area (Å²) in [5, 5.41) is 34.5. The summed E-state index contributed by atoms with van der Waals surface area (Å²) >= 11 is 0. The molecule has 2 aromatic carbocycles. The van der Waals surface area contributed by atoms with Crippen molar-refractivity contribution in [3.63, 3.8) is 0 Å². The number of non-ortho nitro benzene ring substituents is 2. The zero-order chi connectivity index (χ0) is 43.7. The van der Waals surface area contributed by atoms with Crippen molar-refractivity contribution in [3.05, 3.63) is 86.2 Å². The average Bonchev–Trinajstić information content (AvgIpc) is 3.74. The number of esters is 1.